The van der Waals surface area contributed by atoms with Crippen molar-refractivity contribution in [3.63, 3.8) is 0 Å². The lowest BCUT2D eigenvalue weighted by Crippen LogP contribution is -2.29. The summed E-state index contributed by atoms with van der Waals surface area (Å²) in [7, 11) is 0. The third-order valence-corrected chi connectivity index (χ3v) is 2.44. The van der Waals surface area contributed by atoms with Crippen LogP contribution in [-0.4, -0.2) is 12.3 Å². The average molecular weight is 235 g/mol. The fourth-order valence-corrected chi connectivity index (χ4v) is 1.09. The number of hydrogen-bond acceptors (Lipinski definition) is 4. The number of benzene rings is 1. The quantitative estimate of drug-likeness (QED) is 0.483. The van der Waals surface area contributed by atoms with Crippen LogP contribution >= 0.6 is 0 Å². The minimum Gasteiger partial charge on any atom is -0.342 e. The highest BCUT2D eigenvalue weighted by Gasteiger charge is 2.29. The molecule has 0 aliphatic heterocycles. The van der Waals surface area contributed by atoms with Crippen LogP contribution in [0.4, 0.5) is 5.69 Å². The van der Waals surface area contributed by atoms with Crippen molar-refractivity contribution in [2.24, 2.45) is 5.41 Å². The van der Waals surface area contributed by atoms with Gasteiger partial charge in [0.2, 0.25) is 0 Å². The lowest BCUT2D eigenvalue weighted by molar-refractivity contribution is -0.152. The van der Waals surface area contributed by atoms with Crippen LogP contribution in [0.5, 0.6) is 0 Å². The number of carbonyl (C=O) groups is 2. The van der Waals surface area contributed by atoms with Crippen LogP contribution in [0.1, 0.15) is 26.3 Å². The smallest absolute Gasteiger partial charge is 0.342 e. The summed E-state index contributed by atoms with van der Waals surface area (Å²) in [6, 6.07) is 7.53. The second-order valence-corrected chi connectivity index (χ2v) is 4.38. The molecule has 0 saturated carbocycles. The highest BCUT2D eigenvalue weighted by atomic mass is 16.7. The number of aryl methyl sites for hydroxylation is 1. The van der Waals surface area contributed by atoms with Crippen molar-refractivity contribution in [2.45, 2.75) is 27.2 Å². The van der Waals surface area contributed by atoms with Gasteiger partial charge in [0.15, 0.2) is 0 Å². The Balaban J connectivity index is 2.56. The van der Waals surface area contributed by atoms with E-state index in [-0.39, 0.29) is 0 Å². The topological polar surface area (TPSA) is 55.4 Å². The van der Waals surface area contributed by atoms with Gasteiger partial charge in [-0.15, -0.1) is 0 Å². The van der Waals surface area contributed by atoms with E-state index in [0.29, 0.717) is 12.0 Å². The Kier molecular flexibility index (Phi) is 4.26. The molecule has 0 unspecified atom stereocenters. The number of hydrogen-bond donors (Lipinski definition) is 1. The molecule has 4 nitrogen and oxygen atoms in total. The molecule has 0 saturated heterocycles. The molecule has 0 aliphatic rings. The predicted octanol–water partition coefficient (Wildman–Crippen LogP) is 2.34. The zero-order valence-electron chi connectivity index (χ0n) is 10.3. The van der Waals surface area contributed by atoms with Crippen LogP contribution in [0.3, 0.4) is 0 Å². The number of anilines is 1. The largest absolute Gasteiger partial charge is 0.344 e. The van der Waals surface area contributed by atoms with E-state index in [2.05, 4.69) is 12.4 Å². The molecular weight excluding hydrogens is 218 g/mol. The van der Waals surface area contributed by atoms with Crippen molar-refractivity contribution in [3.8, 4) is 0 Å². The molecule has 0 radical (unpaired) electrons. The first-order valence-corrected chi connectivity index (χ1v) is 5.52. The normalized spacial score (nSPS) is 10.8. The molecule has 0 amide bonds. The predicted molar refractivity (Wildman–Crippen MR) is 65.4 cm³/mol. The molecule has 1 aromatic carbocycles. The molecule has 4 heteroatoms. The third kappa shape index (κ3) is 3.59. The molecule has 0 aliphatic carbocycles. The molecule has 0 bridgehead atoms. The summed E-state index contributed by atoms with van der Waals surface area (Å²) in [5.74, 6) is -0.605. The van der Waals surface area contributed by atoms with Crippen molar-refractivity contribution in [2.75, 3.05) is 5.48 Å². The zero-order chi connectivity index (χ0) is 12.9. The van der Waals surface area contributed by atoms with Gasteiger partial charge < -0.3 is 9.63 Å². The maximum Gasteiger partial charge on any atom is 0.344 e. The van der Waals surface area contributed by atoms with Gasteiger partial charge in [-0.05, 0) is 38.0 Å². The second-order valence-electron chi connectivity index (χ2n) is 4.38. The summed E-state index contributed by atoms with van der Waals surface area (Å²) in [5, 5.41) is 0. The van der Waals surface area contributed by atoms with Gasteiger partial charge in [-0.25, -0.2) is 10.3 Å². The van der Waals surface area contributed by atoms with E-state index in [1.165, 1.54) is 19.4 Å². The first-order valence-electron chi connectivity index (χ1n) is 5.52. The molecule has 0 fully saturated rings. The third-order valence-electron chi connectivity index (χ3n) is 2.44. The van der Waals surface area contributed by atoms with Gasteiger partial charge in [0.25, 0.3) is 0 Å². The monoisotopic (exact) mass is 235 g/mol. The first kappa shape index (κ1) is 13.2. The van der Waals surface area contributed by atoms with Crippen LogP contribution in [0.25, 0.3) is 0 Å². The maximum absolute atomic E-state index is 11.5. The van der Waals surface area contributed by atoms with Gasteiger partial charge in [-0.2, -0.15) is 0 Å². The summed E-state index contributed by atoms with van der Waals surface area (Å²) in [5.41, 5.74) is 3.28. The van der Waals surface area contributed by atoms with E-state index in [1.807, 2.05) is 24.3 Å². The molecule has 1 rings (SSSR count). The summed E-state index contributed by atoms with van der Waals surface area (Å²) in [6.45, 7) is 5.07. The Hall–Kier alpha value is -1.84. The highest BCUT2D eigenvalue weighted by Crippen LogP contribution is 2.15. The van der Waals surface area contributed by atoms with Crippen molar-refractivity contribution >= 4 is 17.9 Å². The fraction of sp³-hybridized carbons (Fsp3) is 0.385. The van der Waals surface area contributed by atoms with Crippen LogP contribution in [0.15, 0.2) is 24.3 Å². The van der Waals surface area contributed by atoms with E-state index >= 15 is 0 Å². The van der Waals surface area contributed by atoms with E-state index in [4.69, 9.17) is 4.84 Å². The zero-order valence-corrected chi connectivity index (χ0v) is 10.3. The van der Waals surface area contributed by atoms with Crippen molar-refractivity contribution in [1.29, 1.82) is 0 Å². The Morgan fingerprint density at radius 3 is 2.41 bits per heavy atom. The Labute approximate surface area is 101 Å². The number of rotatable bonds is 5. The van der Waals surface area contributed by atoms with Crippen LogP contribution < -0.4 is 5.48 Å². The molecule has 17 heavy (non-hydrogen) atoms. The molecule has 0 spiro atoms. The molecule has 1 N–H and O–H groups in total. The van der Waals surface area contributed by atoms with Gasteiger partial charge in [0.1, 0.15) is 11.7 Å². The van der Waals surface area contributed by atoms with E-state index < -0.39 is 11.4 Å². The summed E-state index contributed by atoms with van der Waals surface area (Å²) < 4.78 is 0. The number of aldehydes is 1. The molecule has 0 atom stereocenters. The SMILES string of the molecule is CCc1ccc(NOC(=O)C(C)(C)C=O)cc1. The average Bonchev–Trinajstić information content (AvgIpc) is 2.36. The number of nitrogens with one attached hydrogen (secondary N) is 1. The first-order chi connectivity index (χ1) is 7.99. The van der Waals surface area contributed by atoms with Gasteiger partial charge in [-0.3, -0.25) is 0 Å². The Morgan fingerprint density at radius 2 is 1.94 bits per heavy atom. The van der Waals surface area contributed by atoms with Crippen molar-refractivity contribution in [1.82, 2.24) is 0 Å². The summed E-state index contributed by atoms with van der Waals surface area (Å²) in [6.07, 6.45) is 1.52. The van der Waals surface area contributed by atoms with Crippen LogP contribution in [0, 0.1) is 5.41 Å². The Bertz CT molecular complexity index is 396. The summed E-state index contributed by atoms with van der Waals surface area (Å²) >= 11 is 0. The van der Waals surface area contributed by atoms with E-state index in [0.717, 1.165) is 6.42 Å². The Morgan fingerprint density at radius 1 is 1.35 bits per heavy atom. The fourth-order valence-electron chi connectivity index (χ4n) is 1.09. The molecule has 1 aromatic rings. The molecular formula is C13H17NO3. The second kappa shape index (κ2) is 5.48. The lowest BCUT2D eigenvalue weighted by atomic mass is 9.97. The standard InChI is InChI=1S/C13H17NO3/c1-4-10-5-7-11(8-6-10)14-17-12(16)13(2,3)9-15/h5-9,14H,4H2,1-3H3. The summed E-state index contributed by atoms with van der Waals surface area (Å²) in [4.78, 5) is 26.9. The van der Waals surface area contributed by atoms with E-state index in [9.17, 15) is 9.59 Å². The highest BCUT2D eigenvalue weighted by molar-refractivity contribution is 5.92. The molecule has 92 valence electrons. The maximum atomic E-state index is 11.5. The molecule has 0 heterocycles. The van der Waals surface area contributed by atoms with Gasteiger partial charge in [-0.1, -0.05) is 19.1 Å². The van der Waals surface area contributed by atoms with Crippen LogP contribution in [-0.2, 0) is 20.8 Å². The van der Waals surface area contributed by atoms with Gasteiger partial charge >= 0.3 is 5.97 Å². The van der Waals surface area contributed by atoms with Gasteiger partial charge in [0, 0.05) is 0 Å². The molecule has 0 aromatic heterocycles. The van der Waals surface area contributed by atoms with Crippen molar-refractivity contribution < 1.29 is 14.4 Å². The van der Waals surface area contributed by atoms with Crippen molar-refractivity contribution in [3.05, 3.63) is 29.8 Å². The lowest BCUT2D eigenvalue weighted by Gasteiger charge is -2.15. The minimum atomic E-state index is -1.13. The van der Waals surface area contributed by atoms with E-state index in [1.54, 1.807) is 0 Å². The van der Waals surface area contributed by atoms with Gasteiger partial charge in [0.05, 0.1) is 5.69 Å². The van der Waals surface area contributed by atoms with Crippen LogP contribution in [0.2, 0.25) is 0 Å². The number of carbonyl (C=O) groups excluding carboxylic acids is 2. The minimum absolute atomic E-state index is 0.567.